The number of rotatable bonds is 1. The molecule has 1 aromatic heterocycles. The highest BCUT2D eigenvalue weighted by Crippen LogP contribution is 2.44. The standard InChI is InChI=1S/C31H21N/c1-20-15-18-28-27(19-20)30-25-14-8-7-13-24(25)26-17-16-21-9-5-6-12-23(21)29(26)31(30)32(28)22-10-3-2-4-11-22/h2-19H,1H3. The minimum absolute atomic E-state index is 1.20. The first-order valence-corrected chi connectivity index (χ1v) is 11.1. The lowest BCUT2D eigenvalue weighted by molar-refractivity contribution is 1.19. The van der Waals surface area contributed by atoms with Gasteiger partial charge in [-0.15, -0.1) is 0 Å². The van der Waals surface area contributed by atoms with Crippen LogP contribution < -0.4 is 0 Å². The number of nitrogens with zero attached hydrogens (tertiary/aromatic N) is 1. The molecule has 1 heterocycles. The Morgan fingerprint density at radius 3 is 2.00 bits per heavy atom. The molecule has 1 heteroatoms. The lowest BCUT2D eigenvalue weighted by atomic mass is 9.93. The number of aromatic nitrogens is 1. The molecule has 6 aromatic carbocycles. The summed E-state index contributed by atoms with van der Waals surface area (Å²) in [5.74, 6) is 0. The number of benzene rings is 6. The zero-order valence-electron chi connectivity index (χ0n) is 17.8. The Balaban J connectivity index is 1.91. The van der Waals surface area contributed by atoms with Crippen molar-refractivity contribution < 1.29 is 0 Å². The van der Waals surface area contributed by atoms with Gasteiger partial charge in [0.05, 0.1) is 11.0 Å². The van der Waals surface area contributed by atoms with Gasteiger partial charge in [0.2, 0.25) is 0 Å². The van der Waals surface area contributed by atoms with Crippen molar-refractivity contribution in [2.24, 2.45) is 0 Å². The third kappa shape index (κ3) is 2.28. The fourth-order valence-corrected chi connectivity index (χ4v) is 5.45. The van der Waals surface area contributed by atoms with Gasteiger partial charge in [-0.2, -0.15) is 0 Å². The van der Waals surface area contributed by atoms with Gasteiger partial charge in [-0.1, -0.05) is 90.5 Å². The first-order chi connectivity index (χ1) is 15.8. The third-order valence-electron chi connectivity index (χ3n) is 6.79. The van der Waals surface area contributed by atoms with Crippen molar-refractivity contribution in [3.8, 4) is 5.69 Å². The molecular weight excluding hydrogens is 386 g/mol. The van der Waals surface area contributed by atoms with Gasteiger partial charge in [0.15, 0.2) is 0 Å². The summed E-state index contributed by atoms with van der Waals surface area (Å²) in [5.41, 5.74) is 5.03. The molecule has 7 rings (SSSR count). The molecule has 0 radical (unpaired) electrons. The van der Waals surface area contributed by atoms with E-state index in [2.05, 4.69) is 121 Å². The van der Waals surface area contributed by atoms with E-state index in [1.165, 1.54) is 65.4 Å². The van der Waals surface area contributed by atoms with E-state index in [-0.39, 0.29) is 0 Å². The maximum Gasteiger partial charge on any atom is 0.0632 e. The maximum absolute atomic E-state index is 2.46. The monoisotopic (exact) mass is 407 g/mol. The average Bonchev–Trinajstić information content (AvgIpc) is 3.18. The molecule has 7 aromatic rings. The summed E-state index contributed by atoms with van der Waals surface area (Å²) in [4.78, 5) is 0. The molecule has 150 valence electrons. The molecule has 0 aliphatic heterocycles. The largest absolute Gasteiger partial charge is 0.309 e. The first kappa shape index (κ1) is 17.6. The number of para-hydroxylation sites is 1. The van der Waals surface area contributed by atoms with E-state index >= 15 is 0 Å². The predicted molar refractivity (Wildman–Crippen MR) is 138 cm³/mol. The topological polar surface area (TPSA) is 4.93 Å². The number of hydrogen-bond donors (Lipinski definition) is 0. The summed E-state index contributed by atoms with van der Waals surface area (Å²) in [7, 11) is 0. The first-order valence-electron chi connectivity index (χ1n) is 11.1. The van der Waals surface area contributed by atoms with Gasteiger partial charge >= 0.3 is 0 Å². The van der Waals surface area contributed by atoms with Crippen LogP contribution in [0.4, 0.5) is 0 Å². The van der Waals surface area contributed by atoms with Crippen LogP contribution in [-0.4, -0.2) is 4.57 Å². The van der Waals surface area contributed by atoms with Crippen molar-refractivity contribution in [1.29, 1.82) is 0 Å². The second-order valence-corrected chi connectivity index (χ2v) is 8.67. The normalized spacial score (nSPS) is 11.9. The Kier molecular flexibility index (Phi) is 3.54. The summed E-state index contributed by atoms with van der Waals surface area (Å²) in [6.07, 6.45) is 0. The van der Waals surface area contributed by atoms with Crippen LogP contribution in [0.2, 0.25) is 0 Å². The van der Waals surface area contributed by atoms with E-state index in [0.29, 0.717) is 0 Å². The Bertz CT molecular complexity index is 1820. The number of fused-ring (bicyclic) bond motifs is 10. The van der Waals surface area contributed by atoms with Crippen LogP contribution in [0, 0.1) is 6.92 Å². The highest BCUT2D eigenvalue weighted by Gasteiger charge is 2.20. The van der Waals surface area contributed by atoms with Crippen molar-refractivity contribution in [1.82, 2.24) is 4.57 Å². The molecule has 0 aliphatic carbocycles. The number of aryl methyl sites for hydroxylation is 1. The fourth-order valence-electron chi connectivity index (χ4n) is 5.45. The molecule has 32 heavy (non-hydrogen) atoms. The lowest BCUT2D eigenvalue weighted by Crippen LogP contribution is -1.95. The molecule has 0 fully saturated rings. The average molecular weight is 408 g/mol. The van der Waals surface area contributed by atoms with Crippen LogP contribution in [0.5, 0.6) is 0 Å². The van der Waals surface area contributed by atoms with E-state index < -0.39 is 0 Å². The molecule has 0 amide bonds. The van der Waals surface area contributed by atoms with E-state index in [1.54, 1.807) is 0 Å². The highest BCUT2D eigenvalue weighted by atomic mass is 15.0. The lowest BCUT2D eigenvalue weighted by Gasteiger charge is -2.14. The Morgan fingerprint density at radius 2 is 1.16 bits per heavy atom. The molecule has 0 saturated heterocycles. The molecule has 0 N–H and O–H groups in total. The summed E-state index contributed by atoms with van der Waals surface area (Å²) in [6, 6.07) is 39.8. The van der Waals surface area contributed by atoms with Gasteiger partial charge in [-0.25, -0.2) is 0 Å². The second-order valence-electron chi connectivity index (χ2n) is 8.67. The van der Waals surface area contributed by atoms with Gasteiger partial charge in [0.1, 0.15) is 0 Å². The van der Waals surface area contributed by atoms with Crippen molar-refractivity contribution >= 4 is 54.1 Å². The van der Waals surface area contributed by atoms with Crippen LogP contribution in [-0.2, 0) is 0 Å². The summed E-state index contributed by atoms with van der Waals surface area (Å²) in [5, 5.41) is 10.5. The zero-order valence-corrected chi connectivity index (χ0v) is 17.8. The summed E-state index contributed by atoms with van der Waals surface area (Å²) < 4.78 is 2.46. The van der Waals surface area contributed by atoms with Crippen LogP contribution >= 0.6 is 0 Å². The van der Waals surface area contributed by atoms with Crippen LogP contribution in [0.15, 0.2) is 109 Å². The quantitative estimate of drug-likeness (QED) is 0.240. The van der Waals surface area contributed by atoms with E-state index in [4.69, 9.17) is 0 Å². The van der Waals surface area contributed by atoms with Gasteiger partial charge in [0, 0.05) is 21.8 Å². The van der Waals surface area contributed by atoms with Crippen LogP contribution in [0.25, 0.3) is 59.8 Å². The van der Waals surface area contributed by atoms with Crippen LogP contribution in [0.3, 0.4) is 0 Å². The minimum Gasteiger partial charge on any atom is -0.309 e. The fraction of sp³-hybridized carbons (Fsp3) is 0.0323. The molecule has 0 aliphatic rings. The smallest absolute Gasteiger partial charge is 0.0632 e. The van der Waals surface area contributed by atoms with Crippen molar-refractivity contribution in [2.45, 2.75) is 6.92 Å². The van der Waals surface area contributed by atoms with Crippen molar-refractivity contribution in [3.63, 3.8) is 0 Å². The van der Waals surface area contributed by atoms with Crippen LogP contribution in [0.1, 0.15) is 5.56 Å². The maximum atomic E-state index is 2.46. The highest BCUT2D eigenvalue weighted by molar-refractivity contribution is 6.36. The Labute approximate surface area is 186 Å². The molecule has 0 unspecified atom stereocenters. The SMILES string of the molecule is Cc1ccc2c(c1)c1c3ccccc3c3ccc4ccccc4c3c1n2-c1ccccc1. The third-order valence-corrected chi connectivity index (χ3v) is 6.79. The summed E-state index contributed by atoms with van der Waals surface area (Å²) in [6.45, 7) is 2.18. The van der Waals surface area contributed by atoms with Gasteiger partial charge in [0.25, 0.3) is 0 Å². The zero-order chi connectivity index (χ0) is 21.2. The molecule has 0 spiro atoms. The van der Waals surface area contributed by atoms with Crippen molar-refractivity contribution in [3.05, 3.63) is 115 Å². The van der Waals surface area contributed by atoms with E-state index in [9.17, 15) is 0 Å². The second kappa shape index (κ2) is 6.45. The van der Waals surface area contributed by atoms with E-state index in [1.807, 2.05) is 0 Å². The molecule has 1 nitrogen and oxygen atoms in total. The van der Waals surface area contributed by atoms with Crippen molar-refractivity contribution in [2.75, 3.05) is 0 Å². The predicted octanol–water partition coefficient (Wildman–Crippen LogP) is 8.55. The van der Waals surface area contributed by atoms with Gasteiger partial charge < -0.3 is 4.57 Å². The molecule has 0 bridgehead atoms. The summed E-state index contributed by atoms with van der Waals surface area (Å²) >= 11 is 0. The Hall–Kier alpha value is -4.10. The van der Waals surface area contributed by atoms with Gasteiger partial charge in [-0.05, 0) is 58.1 Å². The van der Waals surface area contributed by atoms with Gasteiger partial charge in [-0.3, -0.25) is 0 Å². The molecule has 0 saturated carbocycles. The minimum atomic E-state index is 1.20. The van der Waals surface area contributed by atoms with E-state index in [0.717, 1.165) is 0 Å². The number of hydrogen-bond acceptors (Lipinski definition) is 0. The molecule has 0 atom stereocenters. The Morgan fingerprint density at radius 1 is 0.500 bits per heavy atom. The molecular formula is C31H21N.